The monoisotopic (exact) mass is 734 g/mol. The highest BCUT2D eigenvalue weighted by Crippen LogP contribution is 2.33. The smallest absolute Gasteiger partial charge is 0.323 e. The molecule has 4 aliphatic rings. The summed E-state index contributed by atoms with van der Waals surface area (Å²) in [6, 6.07) is 4.66. The number of urea groups is 1. The van der Waals surface area contributed by atoms with E-state index in [0.717, 1.165) is 59.5 Å². The highest BCUT2D eigenvalue weighted by atomic mass is 32.2. The molecule has 0 saturated carbocycles. The number of hydrogen-bond acceptors (Lipinski definition) is 12. The molecule has 0 bridgehead atoms. The number of nitrogens with one attached hydrogen (secondary N) is 2. The van der Waals surface area contributed by atoms with Crippen LogP contribution in [0.15, 0.2) is 39.2 Å². The third-order valence-electron chi connectivity index (χ3n) is 9.91. The second-order valence-corrected chi connectivity index (χ2v) is 16.7. The predicted molar refractivity (Wildman–Crippen MR) is 190 cm³/mol. The summed E-state index contributed by atoms with van der Waals surface area (Å²) in [6.07, 6.45) is 5.79. The molecule has 7 rings (SSSR count). The third-order valence-corrected chi connectivity index (χ3v) is 12.0. The fraction of sp³-hybridized carbons (Fsp3) is 0.514. The summed E-state index contributed by atoms with van der Waals surface area (Å²) in [4.78, 5) is 79.7. The Morgan fingerprint density at radius 1 is 0.980 bits per heavy atom. The summed E-state index contributed by atoms with van der Waals surface area (Å²) >= 11 is 3.03. The summed E-state index contributed by atoms with van der Waals surface area (Å²) < 4.78 is 6.86. The van der Waals surface area contributed by atoms with Crippen LogP contribution < -0.4 is 10.6 Å². The van der Waals surface area contributed by atoms with Gasteiger partial charge in [0.05, 0.1) is 33.5 Å². The van der Waals surface area contributed by atoms with Gasteiger partial charge >= 0.3 is 6.03 Å². The van der Waals surface area contributed by atoms with Crippen LogP contribution in [0.5, 0.6) is 0 Å². The Bertz CT molecular complexity index is 1840. The summed E-state index contributed by atoms with van der Waals surface area (Å²) in [5.74, 6) is 0.147. The molecular formula is C35H42N8O6S2. The fourth-order valence-corrected chi connectivity index (χ4v) is 8.73. The van der Waals surface area contributed by atoms with Gasteiger partial charge in [0.15, 0.2) is 5.13 Å². The number of oxazole rings is 1. The average Bonchev–Trinajstić information content (AvgIpc) is 3.83. The molecule has 16 heteroatoms. The number of aromatic nitrogens is 2. The zero-order valence-electron chi connectivity index (χ0n) is 29.0. The quantitative estimate of drug-likeness (QED) is 0.255. The number of amides is 6. The number of anilines is 1. The van der Waals surface area contributed by atoms with E-state index >= 15 is 0 Å². The summed E-state index contributed by atoms with van der Waals surface area (Å²) in [5.41, 5.74) is 1.46. The molecule has 270 valence electrons. The molecule has 0 aliphatic carbocycles. The van der Waals surface area contributed by atoms with Crippen molar-refractivity contribution >= 4 is 57.9 Å². The molecule has 1 unspecified atom stereocenters. The summed E-state index contributed by atoms with van der Waals surface area (Å²) in [6.45, 7) is 11.6. The topological polar surface area (TPSA) is 161 Å². The van der Waals surface area contributed by atoms with Crippen molar-refractivity contribution in [2.45, 2.75) is 80.5 Å². The molecular weight excluding hydrogens is 693 g/mol. The van der Waals surface area contributed by atoms with Gasteiger partial charge in [-0.05, 0) is 50.0 Å². The Hall–Kier alpha value is -4.12. The minimum atomic E-state index is -0.969. The van der Waals surface area contributed by atoms with Crippen LogP contribution in [0.25, 0.3) is 0 Å². The van der Waals surface area contributed by atoms with E-state index in [4.69, 9.17) is 4.42 Å². The molecule has 3 saturated heterocycles. The molecule has 4 aliphatic heterocycles. The van der Waals surface area contributed by atoms with Gasteiger partial charge in [0.25, 0.3) is 11.8 Å². The van der Waals surface area contributed by atoms with Crippen LogP contribution >= 0.6 is 23.1 Å². The lowest BCUT2D eigenvalue weighted by Crippen LogP contribution is -2.54. The van der Waals surface area contributed by atoms with Crippen LogP contribution in [0, 0.1) is 0 Å². The Morgan fingerprint density at radius 2 is 1.73 bits per heavy atom. The number of thioether (sulfide) groups is 1. The van der Waals surface area contributed by atoms with Crippen molar-refractivity contribution in [1.82, 2.24) is 34.9 Å². The van der Waals surface area contributed by atoms with E-state index in [1.54, 1.807) is 36.3 Å². The van der Waals surface area contributed by atoms with Crippen molar-refractivity contribution in [2.75, 3.05) is 44.6 Å². The van der Waals surface area contributed by atoms with Crippen LogP contribution in [-0.4, -0.2) is 111 Å². The lowest BCUT2D eigenvalue weighted by Gasteiger charge is -2.42. The number of piperazine rings is 1. The molecule has 14 nitrogen and oxygen atoms in total. The summed E-state index contributed by atoms with van der Waals surface area (Å²) in [5, 5.41) is 5.77. The molecule has 2 N–H and O–H groups in total. The Morgan fingerprint density at radius 3 is 2.43 bits per heavy atom. The van der Waals surface area contributed by atoms with E-state index in [1.165, 1.54) is 11.3 Å². The van der Waals surface area contributed by atoms with Gasteiger partial charge in [0, 0.05) is 50.6 Å². The zero-order chi connectivity index (χ0) is 35.9. The van der Waals surface area contributed by atoms with Crippen molar-refractivity contribution in [1.29, 1.82) is 0 Å². The second kappa shape index (κ2) is 14.5. The van der Waals surface area contributed by atoms with Gasteiger partial charge in [0.2, 0.25) is 17.7 Å². The SMILES string of the molecule is CC(C)(C)c1cnc(CSc2cnc(NC(=O)N3CCN(C4CCN(Cc5ccc6c(c5)C(=O)N(C5CCC(=O)NC5=O)C6=O)CC4)CC3)s2)o1. The lowest BCUT2D eigenvalue weighted by atomic mass is 9.94. The standard InChI is InChI=1S/C35H42N8O6S2/c1-35(2,3)26-17-36-28(49-26)20-50-29-18-37-33(51-29)39-34(48)42-14-12-41(13-15-42)22-8-10-40(11-9-22)19-21-4-5-23-24(16-21)32(47)43(31(23)46)25-6-7-27(44)38-30(25)45/h4-5,16-18,22,25H,6-15,19-20H2,1-3H3,(H,37,39,48)(H,38,44,45). The number of thiazole rings is 1. The molecule has 6 heterocycles. The molecule has 6 amide bonds. The molecule has 3 aromatic rings. The van der Waals surface area contributed by atoms with Crippen LogP contribution in [-0.2, 0) is 27.3 Å². The van der Waals surface area contributed by atoms with Crippen molar-refractivity contribution in [3.8, 4) is 0 Å². The number of benzene rings is 1. The van der Waals surface area contributed by atoms with Gasteiger partial charge in [-0.2, -0.15) is 0 Å². The average molecular weight is 735 g/mol. The minimum absolute atomic E-state index is 0.0884. The number of piperidine rings is 2. The van der Waals surface area contributed by atoms with Crippen molar-refractivity contribution < 1.29 is 28.4 Å². The van der Waals surface area contributed by atoms with Crippen LogP contribution in [0.4, 0.5) is 9.93 Å². The lowest BCUT2D eigenvalue weighted by molar-refractivity contribution is -0.136. The molecule has 0 spiro atoms. The van der Waals surface area contributed by atoms with E-state index in [9.17, 15) is 24.0 Å². The largest absolute Gasteiger partial charge is 0.444 e. The number of hydrogen-bond donors (Lipinski definition) is 2. The zero-order valence-corrected chi connectivity index (χ0v) is 30.6. The maximum atomic E-state index is 13.2. The molecule has 1 atom stereocenters. The number of fused-ring (bicyclic) bond motifs is 1. The van der Waals surface area contributed by atoms with Crippen LogP contribution in [0.1, 0.15) is 84.4 Å². The van der Waals surface area contributed by atoms with Gasteiger partial charge in [-0.25, -0.2) is 14.8 Å². The first-order valence-electron chi connectivity index (χ1n) is 17.3. The van der Waals surface area contributed by atoms with Gasteiger partial charge in [0.1, 0.15) is 11.8 Å². The number of carbonyl (C=O) groups is 5. The highest BCUT2D eigenvalue weighted by Gasteiger charge is 2.44. The Labute approximate surface area is 304 Å². The van der Waals surface area contributed by atoms with E-state index < -0.39 is 29.7 Å². The molecule has 51 heavy (non-hydrogen) atoms. The second-order valence-electron chi connectivity index (χ2n) is 14.4. The van der Waals surface area contributed by atoms with E-state index in [0.29, 0.717) is 53.6 Å². The van der Waals surface area contributed by atoms with E-state index in [1.807, 2.05) is 11.0 Å². The first kappa shape index (κ1) is 35.3. The number of nitrogens with zero attached hydrogens (tertiary/aromatic N) is 6. The Kier molecular flexibility index (Phi) is 10.0. The maximum Gasteiger partial charge on any atom is 0.323 e. The summed E-state index contributed by atoms with van der Waals surface area (Å²) in [7, 11) is 0. The van der Waals surface area contributed by atoms with Crippen molar-refractivity contribution in [2.24, 2.45) is 0 Å². The number of rotatable bonds is 8. The van der Waals surface area contributed by atoms with Gasteiger partial charge in [-0.1, -0.05) is 38.2 Å². The van der Waals surface area contributed by atoms with Crippen LogP contribution in [0.3, 0.4) is 0 Å². The molecule has 1 aromatic carbocycles. The fourth-order valence-electron chi connectivity index (χ4n) is 7.02. The minimum Gasteiger partial charge on any atom is -0.444 e. The van der Waals surface area contributed by atoms with Crippen molar-refractivity contribution in [3.05, 3.63) is 58.9 Å². The van der Waals surface area contributed by atoms with E-state index in [-0.39, 0.29) is 24.3 Å². The first-order chi connectivity index (χ1) is 24.4. The van der Waals surface area contributed by atoms with Crippen molar-refractivity contribution in [3.63, 3.8) is 0 Å². The predicted octanol–water partition coefficient (Wildman–Crippen LogP) is 3.94. The Balaban J connectivity index is 0.839. The van der Waals surface area contributed by atoms with E-state index in [2.05, 4.69) is 51.2 Å². The number of likely N-dealkylation sites (tertiary alicyclic amines) is 1. The molecule has 2 aromatic heterocycles. The molecule has 0 radical (unpaired) electrons. The number of carbonyl (C=O) groups excluding carboxylic acids is 5. The van der Waals surface area contributed by atoms with Gasteiger partial charge < -0.3 is 9.32 Å². The maximum absolute atomic E-state index is 13.2. The number of imide groups is 2. The van der Waals surface area contributed by atoms with Crippen LogP contribution in [0.2, 0.25) is 0 Å². The first-order valence-corrected chi connectivity index (χ1v) is 19.1. The van der Waals surface area contributed by atoms with Gasteiger partial charge in [-0.15, -0.1) is 11.8 Å². The normalized spacial score (nSPS) is 21.0. The van der Waals surface area contributed by atoms with Gasteiger partial charge in [-0.3, -0.25) is 44.5 Å². The highest BCUT2D eigenvalue weighted by molar-refractivity contribution is 8.00. The third kappa shape index (κ3) is 7.73. The molecule has 3 fully saturated rings.